The molecular formula is C11H14N4O. The van der Waals surface area contributed by atoms with Crippen molar-refractivity contribution in [2.24, 2.45) is 7.05 Å². The minimum Gasteiger partial charge on any atom is -0.359 e. The third-order valence-corrected chi connectivity index (χ3v) is 2.59. The van der Waals surface area contributed by atoms with Crippen LogP contribution in [-0.2, 0) is 7.05 Å². The molecule has 1 heterocycles. The highest BCUT2D eigenvalue weighted by atomic mass is 16.1. The van der Waals surface area contributed by atoms with Crippen molar-refractivity contribution in [1.29, 1.82) is 0 Å². The van der Waals surface area contributed by atoms with Crippen LogP contribution >= 0.6 is 0 Å². The molecule has 2 N–H and O–H groups in total. The molecule has 0 bridgehead atoms. The number of hydrogen-bond acceptors (Lipinski definition) is 3. The lowest BCUT2D eigenvalue weighted by molar-refractivity contribution is 0.0963. The molecule has 0 atom stereocenters. The zero-order valence-electron chi connectivity index (χ0n) is 9.53. The van der Waals surface area contributed by atoms with Crippen LogP contribution in [0, 0.1) is 0 Å². The maximum absolute atomic E-state index is 11.5. The van der Waals surface area contributed by atoms with E-state index in [2.05, 4.69) is 15.6 Å². The van der Waals surface area contributed by atoms with Crippen molar-refractivity contribution in [2.45, 2.75) is 0 Å². The lowest BCUT2D eigenvalue weighted by Gasteiger charge is -2.00. The number of nitrogens with zero attached hydrogens (tertiary/aromatic N) is 2. The van der Waals surface area contributed by atoms with E-state index in [1.165, 1.54) is 0 Å². The van der Waals surface area contributed by atoms with Crippen molar-refractivity contribution in [3.63, 3.8) is 0 Å². The van der Waals surface area contributed by atoms with Crippen molar-refractivity contribution in [3.8, 4) is 0 Å². The number of imidazole rings is 1. The van der Waals surface area contributed by atoms with Crippen molar-refractivity contribution < 1.29 is 4.79 Å². The molecule has 16 heavy (non-hydrogen) atoms. The Balaban J connectivity index is 2.59. The second kappa shape index (κ2) is 3.84. The molecule has 2 rings (SSSR count). The van der Waals surface area contributed by atoms with Gasteiger partial charge in [-0.15, -0.1) is 0 Å². The van der Waals surface area contributed by atoms with Gasteiger partial charge in [0.2, 0.25) is 5.95 Å². The number of hydrogen-bond donors (Lipinski definition) is 2. The van der Waals surface area contributed by atoms with Gasteiger partial charge in [-0.2, -0.15) is 0 Å². The third-order valence-electron chi connectivity index (χ3n) is 2.59. The molecule has 5 heteroatoms. The summed E-state index contributed by atoms with van der Waals surface area (Å²) in [5.74, 6) is 0.683. The molecule has 0 radical (unpaired) electrons. The highest BCUT2D eigenvalue weighted by Gasteiger charge is 2.09. The van der Waals surface area contributed by atoms with Crippen molar-refractivity contribution >= 4 is 22.9 Å². The van der Waals surface area contributed by atoms with Crippen LogP contribution in [0.4, 0.5) is 5.95 Å². The smallest absolute Gasteiger partial charge is 0.251 e. The molecule has 0 saturated carbocycles. The maximum atomic E-state index is 11.5. The van der Waals surface area contributed by atoms with Gasteiger partial charge in [-0.25, -0.2) is 4.98 Å². The fourth-order valence-corrected chi connectivity index (χ4v) is 1.71. The topological polar surface area (TPSA) is 59.0 Å². The first-order valence-corrected chi connectivity index (χ1v) is 5.03. The van der Waals surface area contributed by atoms with Crippen LogP contribution in [0.1, 0.15) is 10.4 Å². The first-order valence-electron chi connectivity index (χ1n) is 5.03. The van der Waals surface area contributed by atoms with Gasteiger partial charge < -0.3 is 15.2 Å². The van der Waals surface area contributed by atoms with Crippen LogP contribution in [0.5, 0.6) is 0 Å². The van der Waals surface area contributed by atoms with Crippen LogP contribution in [0.3, 0.4) is 0 Å². The van der Waals surface area contributed by atoms with Crippen LogP contribution < -0.4 is 10.6 Å². The number of fused-ring (bicyclic) bond motifs is 1. The summed E-state index contributed by atoms with van der Waals surface area (Å²) in [5, 5.41) is 5.59. The SMILES string of the molecule is CNC(=O)c1ccc2c(c1)nc(NC)n2C. The highest BCUT2D eigenvalue weighted by molar-refractivity contribution is 5.97. The number of carbonyl (C=O) groups excluding carboxylic acids is 1. The molecule has 0 aliphatic rings. The summed E-state index contributed by atoms with van der Waals surface area (Å²) in [6, 6.07) is 5.48. The summed E-state index contributed by atoms with van der Waals surface area (Å²) in [5.41, 5.74) is 2.43. The number of amides is 1. The van der Waals surface area contributed by atoms with Gasteiger partial charge in [-0.1, -0.05) is 0 Å². The molecule has 84 valence electrons. The molecule has 2 aromatic rings. The number of carbonyl (C=O) groups is 1. The standard InChI is InChI=1S/C11H14N4O/c1-12-10(16)7-4-5-9-8(6-7)14-11(13-2)15(9)3/h4-6H,1-3H3,(H,12,16)(H,13,14). The van der Waals surface area contributed by atoms with Crippen LogP contribution in [-0.4, -0.2) is 29.6 Å². The molecule has 1 amide bonds. The quantitative estimate of drug-likeness (QED) is 0.789. The van der Waals surface area contributed by atoms with E-state index in [1.54, 1.807) is 19.2 Å². The van der Waals surface area contributed by atoms with Gasteiger partial charge in [0.25, 0.3) is 5.91 Å². The zero-order chi connectivity index (χ0) is 11.7. The van der Waals surface area contributed by atoms with Crippen molar-refractivity contribution in [1.82, 2.24) is 14.9 Å². The summed E-state index contributed by atoms with van der Waals surface area (Å²) in [7, 11) is 5.37. The second-order valence-corrected chi connectivity index (χ2v) is 3.53. The fraction of sp³-hybridized carbons (Fsp3) is 0.273. The summed E-state index contributed by atoms with van der Waals surface area (Å²) in [6.45, 7) is 0. The third kappa shape index (κ3) is 1.50. The van der Waals surface area contributed by atoms with E-state index in [-0.39, 0.29) is 5.91 Å². The number of aromatic nitrogens is 2. The summed E-state index contributed by atoms with van der Waals surface area (Å²) in [6.07, 6.45) is 0. The Morgan fingerprint density at radius 2 is 2.12 bits per heavy atom. The average Bonchev–Trinajstić information content (AvgIpc) is 2.64. The number of anilines is 1. The van der Waals surface area contributed by atoms with E-state index < -0.39 is 0 Å². The second-order valence-electron chi connectivity index (χ2n) is 3.53. The summed E-state index contributed by atoms with van der Waals surface area (Å²) in [4.78, 5) is 15.8. The first-order chi connectivity index (χ1) is 7.67. The number of nitrogens with one attached hydrogen (secondary N) is 2. The van der Waals surface area contributed by atoms with Crippen molar-refractivity contribution in [2.75, 3.05) is 19.4 Å². The molecule has 0 fully saturated rings. The van der Waals surface area contributed by atoms with Gasteiger partial charge in [-0.05, 0) is 18.2 Å². The number of rotatable bonds is 2. The highest BCUT2D eigenvalue weighted by Crippen LogP contribution is 2.19. The lowest BCUT2D eigenvalue weighted by Crippen LogP contribution is -2.17. The lowest BCUT2D eigenvalue weighted by atomic mass is 10.2. The predicted octanol–water partition coefficient (Wildman–Crippen LogP) is 0.975. The van der Waals surface area contributed by atoms with Gasteiger partial charge in [0, 0.05) is 26.7 Å². The van der Waals surface area contributed by atoms with E-state index in [9.17, 15) is 4.79 Å². The fourth-order valence-electron chi connectivity index (χ4n) is 1.71. The Kier molecular flexibility index (Phi) is 2.52. The molecule has 0 unspecified atom stereocenters. The molecule has 0 saturated heterocycles. The monoisotopic (exact) mass is 218 g/mol. The maximum Gasteiger partial charge on any atom is 0.251 e. The first kappa shape index (κ1) is 10.5. The molecule has 0 aliphatic heterocycles. The Hall–Kier alpha value is -2.04. The Morgan fingerprint density at radius 3 is 2.75 bits per heavy atom. The molecule has 1 aromatic heterocycles. The normalized spacial score (nSPS) is 10.4. The summed E-state index contributed by atoms with van der Waals surface area (Å²) < 4.78 is 1.95. The van der Waals surface area contributed by atoms with E-state index in [0.29, 0.717) is 5.56 Å². The number of aryl methyl sites for hydroxylation is 1. The van der Waals surface area contributed by atoms with E-state index >= 15 is 0 Å². The van der Waals surface area contributed by atoms with Gasteiger partial charge in [-0.3, -0.25) is 4.79 Å². The predicted molar refractivity (Wildman–Crippen MR) is 63.7 cm³/mol. The van der Waals surface area contributed by atoms with Gasteiger partial charge in [0.15, 0.2) is 0 Å². The van der Waals surface area contributed by atoms with Gasteiger partial charge in [0.05, 0.1) is 11.0 Å². The Bertz CT molecular complexity index is 544. The minimum absolute atomic E-state index is 0.0986. The van der Waals surface area contributed by atoms with Crippen molar-refractivity contribution in [3.05, 3.63) is 23.8 Å². The average molecular weight is 218 g/mol. The van der Waals surface area contributed by atoms with Crippen LogP contribution in [0.25, 0.3) is 11.0 Å². The molecule has 0 aliphatic carbocycles. The van der Waals surface area contributed by atoms with Gasteiger partial charge >= 0.3 is 0 Å². The molecule has 0 spiro atoms. The van der Waals surface area contributed by atoms with E-state index in [0.717, 1.165) is 17.0 Å². The van der Waals surface area contributed by atoms with Gasteiger partial charge in [0.1, 0.15) is 0 Å². The minimum atomic E-state index is -0.0986. The molecular weight excluding hydrogens is 204 g/mol. The molecule has 1 aromatic carbocycles. The largest absolute Gasteiger partial charge is 0.359 e. The molecule has 5 nitrogen and oxygen atoms in total. The van der Waals surface area contributed by atoms with Crippen LogP contribution in [0.15, 0.2) is 18.2 Å². The van der Waals surface area contributed by atoms with E-state index in [1.807, 2.05) is 24.7 Å². The Labute approximate surface area is 93.5 Å². The van der Waals surface area contributed by atoms with Crippen LogP contribution in [0.2, 0.25) is 0 Å². The summed E-state index contributed by atoms with van der Waals surface area (Å²) >= 11 is 0. The van der Waals surface area contributed by atoms with E-state index in [4.69, 9.17) is 0 Å². The Morgan fingerprint density at radius 1 is 1.38 bits per heavy atom. The zero-order valence-corrected chi connectivity index (χ0v) is 9.53. The number of benzene rings is 1.